The Kier molecular flexibility index (Phi) is 7.87. The van der Waals surface area contributed by atoms with Crippen molar-refractivity contribution in [2.45, 2.75) is 39.3 Å². The lowest BCUT2D eigenvalue weighted by atomic mass is 10.0. The first-order chi connectivity index (χ1) is 15.0. The molecule has 7 nitrogen and oxygen atoms in total. The van der Waals surface area contributed by atoms with Gasteiger partial charge in [-0.25, -0.2) is 4.99 Å². The molecule has 0 saturated carbocycles. The number of ether oxygens (including phenoxy) is 2. The number of hydrogen-bond donors (Lipinski definition) is 3. The van der Waals surface area contributed by atoms with Gasteiger partial charge >= 0.3 is 0 Å². The third-order valence-corrected chi connectivity index (χ3v) is 5.46. The summed E-state index contributed by atoms with van der Waals surface area (Å²) in [6.45, 7) is 7.40. The van der Waals surface area contributed by atoms with E-state index in [1.54, 1.807) is 12.1 Å². The Balaban J connectivity index is 1.69. The van der Waals surface area contributed by atoms with Crippen molar-refractivity contribution in [3.63, 3.8) is 0 Å². The topological polar surface area (TPSA) is 78.4 Å². The van der Waals surface area contributed by atoms with Gasteiger partial charge in [0.25, 0.3) is 0 Å². The number of nitrogens with zero attached hydrogens (tertiary/aromatic N) is 2. The van der Waals surface area contributed by atoms with Crippen molar-refractivity contribution in [2.24, 2.45) is 4.99 Å². The number of benzene rings is 2. The standard InChI is InChI=1S/C24H34N4O3/c1-5-25-24(26-15-18-13-21(30-3)23(29)22(14-18)31-4)27-19-7-6-12-28(16-19)20-10-8-17(2)9-11-20/h8-11,13-14,19,29H,5-7,12,15-16H2,1-4H3,(H2,25,26,27). The normalized spacial score (nSPS) is 16.7. The van der Waals surface area contributed by atoms with Crippen molar-refractivity contribution >= 4 is 11.6 Å². The third-order valence-electron chi connectivity index (χ3n) is 5.46. The molecule has 2 aromatic carbocycles. The summed E-state index contributed by atoms with van der Waals surface area (Å²) in [5, 5.41) is 17.0. The van der Waals surface area contributed by atoms with E-state index in [0.717, 1.165) is 44.0 Å². The molecule has 0 amide bonds. The molecule has 3 rings (SSSR count). The van der Waals surface area contributed by atoms with Crippen LogP contribution in [-0.2, 0) is 6.54 Å². The van der Waals surface area contributed by atoms with E-state index < -0.39 is 0 Å². The highest BCUT2D eigenvalue weighted by atomic mass is 16.5. The predicted octanol–water partition coefficient (Wildman–Crippen LogP) is 3.44. The van der Waals surface area contributed by atoms with Gasteiger partial charge in [-0.2, -0.15) is 0 Å². The van der Waals surface area contributed by atoms with Crippen molar-refractivity contribution in [2.75, 3.05) is 38.8 Å². The largest absolute Gasteiger partial charge is 0.502 e. The first kappa shape index (κ1) is 22.6. The molecule has 3 N–H and O–H groups in total. The third kappa shape index (κ3) is 5.96. The lowest BCUT2D eigenvalue weighted by molar-refractivity contribution is 0.339. The number of aryl methyl sites for hydroxylation is 1. The van der Waals surface area contributed by atoms with Gasteiger partial charge in [-0.3, -0.25) is 0 Å². The minimum absolute atomic E-state index is 0.00108. The number of nitrogens with one attached hydrogen (secondary N) is 2. The fourth-order valence-electron chi connectivity index (χ4n) is 3.81. The fourth-order valence-corrected chi connectivity index (χ4v) is 3.81. The average molecular weight is 427 g/mol. The second-order valence-electron chi connectivity index (χ2n) is 7.81. The quantitative estimate of drug-likeness (QED) is 0.465. The molecule has 1 saturated heterocycles. The number of guanidine groups is 1. The van der Waals surface area contributed by atoms with E-state index in [2.05, 4.69) is 53.6 Å². The van der Waals surface area contributed by atoms with Crippen molar-refractivity contribution in [3.8, 4) is 17.2 Å². The van der Waals surface area contributed by atoms with Crippen LogP contribution in [0.2, 0.25) is 0 Å². The Hall–Kier alpha value is -3.09. The number of phenols is 1. The Morgan fingerprint density at radius 1 is 1.16 bits per heavy atom. The van der Waals surface area contributed by atoms with Crippen LogP contribution in [0.1, 0.15) is 30.9 Å². The lowest BCUT2D eigenvalue weighted by Crippen LogP contribution is -2.51. The molecule has 0 radical (unpaired) electrons. The van der Waals surface area contributed by atoms with E-state index in [9.17, 15) is 5.11 Å². The van der Waals surface area contributed by atoms with Crippen LogP contribution in [0.25, 0.3) is 0 Å². The molecule has 1 aliphatic heterocycles. The molecule has 1 atom stereocenters. The Bertz CT molecular complexity index is 858. The molecule has 0 aliphatic carbocycles. The summed E-state index contributed by atoms with van der Waals surface area (Å²) < 4.78 is 10.5. The van der Waals surface area contributed by atoms with Crippen LogP contribution >= 0.6 is 0 Å². The molecule has 0 bridgehead atoms. The Labute approximate surface area is 185 Å². The molecule has 1 heterocycles. The van der Waals surface area contributed by atoms with Gasteiger partial charge in [-0.15, -0.1) is 0 Å². The molecule has 2 aromatic rings. The lowest BCUT2D eigenvalue weighted by Gasteiger charge is -2.35. The molecular weight excluding hydrogens is 392 g/mol. The predicted molar refractivity (Wildman–Crippen MR) is 126 cm³/mol. The number of aromatic hydroxyl groups is 1. The number of piperidine rings is 1. The van der Waals surface area contributed by atoms with Crippen LogP contribution in [0.5, 0.6) is 17.2 Å². The SMILES string of the molecule is CCNC(=NCc1cc(OC)c(O)c(OC)c1)NC1CCCN(c2ccc(C)cc2)C1. The summed E-state index contributed by atoms with van der Waals surface area (Å²) in [5.74, 6) is 1.54. The van der Waals surface area contributed by atoms with Crippen LogP contribution < -0.4 is 25.0 Å². The minimum atomic E-state index is 0.00108. The van der Waals surface area contributed by atoms with Crippen LogP contribution in [0.4, 0.5) is 5.69 Å². The van der Waals surface area contributed by atoms with E-state index >= 15 is 0 Å². The number of methoxy groups -OCH3 is 2. The molecule has 1 fully saturated rings. The maximum Gasteiger partial charge on any atom is 0.200 e. The van der Waals surface area contributed by atoms with E-state index in [0.29, 0.717) is 24.1 Å². The number of rotatable bonds is 7. The van der Waals surface area contributed by atoms with Gasteiger partial charge in [0.1, 0.15) is 0 Å². The molecule has 31 heavy (non-hydrogen) atoms. The smallest absolute Gasteiger partial charge is 0.200 e. The van der Waals surface area contributed by atoms with Crippen LogP contribution in [0.3, 0.4) is 0 Å². The van der Waals surface area contributed by atoms with Gasteiger partial charge in [0.2, 0.25) is 5.75 Å². The first-order valence-electron chi connectivity index (χ1n) is 10.8. The zero-order valence-electron chi connectivity index (χ0n) is 18.9. The summed E-state index contributed by atoms with van der Waals surface area (Å²) >= 11 is 0. The number of hydrogen-bond acceptors (Lipinski definition) is 5. The van der Waals surface area contributed by atoms with E-state index in [1.807, 2.05) is 0 Å². The monoisotopic (exact) mass is 426 g/mol. The van der Waals surface area contributed by atoms with Gasteiger partial charge in [-0.05, 0) is 56.5 Å². The fraction of sp³-hybridized carbons (Fsp3) is 0.458. The molecule has 1 aliphatic rings. The first-order valence-corrected chi connectivity index (χ1v) is 10.8. The summed E-state index contributed by atoms with van der Waals surface area (Å²) in [6, 6.07) is 12.6. The maximum atomic E-state index is 10.1. The van der Waals surface area contributed by atoms with Crippen molar-refractivity contribution in [3.05, 3.63) is 47.5 Å². The highest BCUT2D eigenvalue weighted by Crippen LogP contribution is 2.37. The highest BCUT2D eigenvalue weighted by molar-refractivity contribution is 5.80. The van der Waals surface area contributed by atoms with Crippen molar-refractivity contribution in [1.29, 1.82) is 0 Å². The highest BCUT2D eigenvalue weighted by Gasteiger charge is 2.21. The van der Waals surface area contributed by atoms with E-state index in [4.69, 9.17) is 14.5 Å². The molecule has 0 aromatic heterocycles. The second kappa shape index (κ2) is 10.8. The Morgan fingerprint density at radius 3 is 2.45 bits per heavy atom. The van der Waals surface area contributed by atoms with Crippen molar-refractivity contribution < 1.29 is 14.6 Å². The number of anilines is 1. The average Bonchev–Trinajstić information content (AvgIpc) is 2.79. The molecule has 168 valence electrons. The summed E-state index contributed by atoms with van der Waals surface area (Å²) in [4.78, 5) is 7.18. The van der Waals surface area contributed by atoms with Gasteiger partial charge in [-0.1, -0.05) is 17.7 Å². The van der Waals surface area contributed by atoms with Crippen LogP contribution in [0, 0.1) is 6.92 Å². The number of aliphatic imine (C=N–C) groups is 1. The molecule has 1 unspecified atom stereocenters. The van der Waals surface area contributed by atoms with Gasteiger partial charge in [0, 0.05) is 31.4 Å². The molecular formula is C24H34N4O3. The molecule has 0 spiro atoms. The summed E-state index contributed by atoms with van der Waals surface area (Å²) in [7, 11) is 3.05. The zero-order valence-corrected chi connectivity index (χ0v) is 18.9. The summed E-state index contributed by atoms with van der Waals surface area (Å²) in [5.41, 5.74) is 3.44. The minimum Gasteiger partial charge on any atom is -0.502 e. The van der Waals surface area contributed by atoms with Crippen molar-refractivity contribution in [1.82, 2.24) is 10.6 Å². The van der Waals surface area contributed by atoms with Gasteiger partial charge < -0.3 is 30.1 Å². The zero-order chi connectivity index (χ0) is 22.2. The van der Waals surface area contributed by atoms with E-state index in [-0.39, 0.29) is 5.75 Å². The second-order valence-corrected chi connectivity index (χ2v) is 7.81. The van der Waals surface area contributed by atoms with E-state index in [1.165, 1.54) is 25.5 Å². The number of phenolic OH excluding ortho intramolecular Hbond substituents is 1. The molecule has 7 heteroatoms. The summed E-state index contributed by atoms with van der Waals surface area (Å²) in [6.07, 6.45) is 2.24. The van der Waals surface area contributed by atoms with Crippen LogP contribution in [0.15, 0.2) is 41.4 Å². The van der Waals surface area contributed by atoms with Gasteiger partial charge in [0.05, 0.1) is 20.8 Å². The van der Waals surface area contributed by atoms with Gasteiger partial charge in [0.15, 0.2) is 17.5 Å². The Morgan fingerprint density at radius 2 is 1.84 bits per heavy atom. The maximum absolute atomic E-state index is 10.1. The van der Waals surface area contributed by atoms with Crippen LogP contribution in [-0.4, -0.2) is 51.0 Å².